The summed E-state index contributed by atoms with van der Waals surface area (Å²) in [5.74, 6) is -0.0902. The number of carbonyl (C=O) groups excluding carboxylic acids is 1. The van der Waals surface area contributed by atoms with E-state index in [0.717, 1.165) is 0 Å². The van der Waals surface area contributed by atoms with Gasteiger partial charge in [0.25, 0.3) is 5.56 Å². The molecular formula is C9H10N4O3. The molecule has 0 aliphatic rings. The summed E-state index contributed by atoms with van der Waals surface area (Å²) in [6.45, 7) is 1.49. The number of H-pyrrole nitrogens is 1. The fraction of sp³-hybridized carbons (Fsp3) is 0.333. The lowest BCUT2D eigenvalue weighted by Crippen LogP contribution is -2.29. The third-order valence-electron chi connectivity index (χ3n) is 2.27. The number of aromatic amines is 1. The number of ketones is 1. The molecule has 84 valence electrons. The molecule has 0 amide bonds. The van der Waals surface area contributed by atoms with Crippen LogP contribution in [0.5, 0.6) is 0 Å². The monoisotopic (exact) mass is 222 g/mol. The van der Waals surface area contributed by atoms with Gasteiger partial charge in [0.05, 0.1) is 12.9 Å². The zero-order valence-corrected chi connectivity index (χ0v) is 8.85. The van der Waals surface area contributed by atoms with Crippen LogP contribution in [0.3, 0.4) is 0 Å². The number of aromatic nitrogens is 4. The number of aryl methyl sites for hydroxylation is 1. The quantitative estimate of drug-likeness (QED) is 0.706. The molecule has 0 aromatic carbocycles. The van der Waals surface area contributed by atoms with Gasteiger partial charge in [-0.05, 0) is 6.92 Å². The van der Waals surface area contributed by atoms with Crippen LogP contribution in [0.2, 0.25) is 0 Å². The maximum absolute atomic E-state index is 11.6. The Morgan fingerprint density at radius 1 is 1.50 bits per heavy atom. The number of carbonyl (C=O) groups is 1. The van der Waals surface area contributed by atoms with Crippen LogP contribution in [0.1, 0.15) is 6.92 Å². The number of hydrogen-bond donors (Lipinski definition) is 1. The molecule has 0 aliphatic heterocycles. The van der Waals surface area contributed by atoms with Crippen molar-refractivity contribution in [3.05, 3.63) is 27.2 Å². The molecule has 0 radical (unpaired) electrons. The van der Waals surface area contributed by atoms with Gasteiger partial charge < -0.3 is 4.57 Å². The standard InChI is InChI=1S/C9H10N4O3/c1-5(14)3-13-4-10-7-6(13)8(15)11-9(16)12(7)2/h4H,3H2,1-2H3,(H,11,15,16). The normalized spacial score (nSPS) is 10.9. The molecule has 0 spiro atoms. The van der Waals surface area contributed by atoms with Gasteiger partial charge in [-0.3, -0.25) is 19.1 Å². The Balaban J connectivity index is 2.83. The first-order valence-electron chi connectivity index (χ1n) is 4.64. The van der Waals surface area contributed by atoms with Crippen LogP contribution in [0.25, 0.3) is 11.2 Å². The number of nitrogens with zero attached hydrogens (tertiary/aromatic N) is 3. The van der Waals surface area contributed by atoms with Crippen molar-refractivity contribution in [1.29, 1.82) is 0 Å². The van der Waals surface area contributed by atoms with Crippen LogP contribution in [-0.2, 0) is 18.4 Å². The summed E-state index contributed by atoms with van der Waals surface area (Å²) in [5.41, 5.74) is -0.547. The second-order valence-corrected chi connectivity index (χ2v) is 3.56. The first kappa shape index (κ1) is 10.3. The zero-order valence-electron chi connectivity index (χ0n) is 8.85. The Morgan fingerprint density at radius 2 is 2.19 bits per heavy atom. The smallest absolute Gasteiger partial charge is 0.317 e. The minimum Gasteiger partial charge on any atom is -0.317 e. The minimum atomic E-state index is -0.531. The lowest BCUT2D eigenvalue weighted by molar-refractivity contribution is -0.117. The first-order chi connectivity index (χ1) is 7.50. The Labute approximate surface area is 89.3 Å². The van der Waals surface area contributed by atoms with E-state index in [0.29, 0.717) is 0 Å². The average molecular weight is 222 g/mol. The van der Waals surface area contributed by atoms with Gasteiger partial charge in [0.15, 0.2) is 11.2 Å². The second kappa shape index (κ2) is 3.44. The van der Waals surface area contributed by atoms with Crippen LogP contribution in [0.4, 0.5) is 0 Å². The highest BCUT2D eigenvalue weighted by molar-refractivity contribution is 5.78. The molecule has 0 saturated carbocycles. The number of fused-ring (bicyclic) bond motifs is 1. The number of hydrogen-bond acceptors (Lipinski definition) is 4. The van der Waals surface area contributed by atoms with E-state index < -0.39 is 11.2 Å². The molecule has 1 N–H and O–H groups in total. The third-order valence-corrected chi connectivity index (χ3v) is 2.27. The summed E-state index contributed by atoms with van der Waals surface area (Å²) in [5, 5.41) is 0. The van der Waals surface area contributed by atoms with Crippen molar-refractivity contribution in [2.45, 2.75) is 13.5 Å². The van der Waals surface area contributed by atoms with Crippen molar-refractivity contribution in [2.75, 3.05) is 0 Å². The molecular weight excluding hydrogens is 212 g/mol. The molecule has 0 fully saturated rings. The summed E-state index contributed by atoms with van der Waals surface area (Å²) in [6, 6.07) is 0. The van der Waals surface area contributed by atoms with Crippen molar-refractivity contribution in [1.82, 2.24) is 19.1 Å². The van der Waals surface area contributed by atoms with Gasteiger partial charge in [0.2, 0.25) is 0 Å². The highest BCUT2D eigenvalue weighted by Gasteiger charge is 2.11. The lowest BCUT2D eigenvalue weighted by atomic mass is 10.4. The maximum atomic E-state index is 11.6. The highest BCUT2D eigenvalue weighted by Crippen LogP contribution is 2.04. The van der Waals surface area contributed by atoms with Crippen molar-refractivity contribution >= 4 is 16.9 Å². The number of nitrogens with one attached hydrogen (secondary N) is 1. The fourth-order valence-corrected chi connectivity index (χ4v) is 1.55. The molecule has 7 nitrogen and oxygen atoms in total. The highest BCUT2D eigenvalue weighted by atomic mass is 16.2. The molecule has 16 heavy (non-hydrogen) atoms. The van der Waals surface area contributed by atoms with E-state index in [1.165, 1.54) is 29.4 Å². The first-order valence-corrected chi connectivity index (χ1v) is 4.64. The minimum absolute atomic E-state index is 0.0672. The van der Waals surface area contributed by atoms with E-state index in [2.05, 4.69) is 9.97 Å². The van der Waals surface area contributed by atoms with E-state index in [1.807, 2.05) is 0 Å². The zero-order chi connectivity index (χ0) is 11.9. The van der Waals surface area contributed by atoms with Crippen LogP contribution in [-0.4, -0.2) is 24.9 Å². The predicted molar refractivity (Wildman–Crippen MR) is 56.3 cm³/mol. The van der Waals surface area contributed by atoms with Gasteiger partial charge in [-0.15, -0.1) is 0 Å². The molecule has 2 aromatic heterocycles. The molecule has 0 bridgehead atoms. The molecule has 0 aliphatic carbocycles. The summed E-state index contributed by atoms with van der Waals surface area (Å²) < 4.78 is 2.66. The van der Waals surface area contributed by atoms with Gasteiger partial charge in [-0.1, -0.05) is 0 Å². The summed E-state index contributed by atoms with van der Waals surface area (Å²) in [6.07, 6.45) is 1.38. The molecule has 0 atom stereocenters. The van der Waals surface area contributed by atoms with Crippen molar-refractivity contribution in [2.24, 2.45) is 7.05 Å². The van der Waals surface area contributed by atoms with Crippen molar-refractivity contribution in [3.8, 4) is 0 Å². The fourth-order valence-electron chi connectivity index (χ4n) is 1.55. The SMILES string of the molecule is CC(=O)Cn1cnc2c1c(=O)[nH]c(=O)n2C. The molecule has 2 aromatic rings. The number of Topliss-reactive ketones (excluding diaryl/α,β-unsaturated/α-hetero) is 1. The number of imidazole rings is 1. The van der Waals surface area contributed by atoms with Gasteiger partial charge >= 0.3 is 5.69 Å². The molecule has 2 rings (SSSR count). The van der Waals surface area contributed by atoms with E-state index in [1.54, 1.807) is 0 Å². The molecule has 7 heteroatoms. The van der Waals surface area contributed by atoms with E-state index in [4.69, 9.17) is 0 Å². The Hall–Kier alpha value is -2.18. The summed E-state index contributed by atoms with van der Waals surface area (Å²) in [4.78, 5) is 39.9. The third kappa shape index (κ3) is 1.46. The van der Waals surface area contributed by atoms with E-state index in [-0.39, 0.29) is 23.5 Å². The molecule has 0 unspecified atom stereocenters. The van der Waals surface area contributed by atoms with E-state index in [9.17, 15) is 14.4 Å². The predicted octanol–water partition coefficient (Wildman–Crippen LogP) is -0.988. The molecule has 2 heterocycles. The Morgan fingerprint density at radius 3 is 2.81 bits per heavy atom. The van der Waals surface area contributed by atoms with Gasteiger partial charge in [-0.25, -0.2) is 9.78 Å². The van der Waals surface area contributed by atoms with Crippen LogP contribution < -0.4 is 11.2 Å². The summed E-state index contributed by atoms with van der Waals surface area (Å²) in [7, 11) is 1.51. The Bertz CT molecular complexity index is 676. The van der Waals surface area contributed by atoms with Crippen molar-refractivity contribution in [3.63, 3.8) is 0 Å². The second-order valence-electron chi connectivity index (χ2n) is 3.56. The summed E-state index contributed by atoms with van der Waals surface area (Å²) >= 11 is 0. The van der Waals surface area contributed by atoms with Gasteiger partial charge in [0, 0.05) is 7.05 Å². The van der Waals surface area contributed by atoms with Crippen molar-refractivity contribution < 1.29 is 4.79 Å². The largest absolute Gasteiger partial charge is 0.329 e. The average Bonchev–Trinajstić information content (AvgIpc) is 2.58. The van der Waals surface area contributed by atoms with Crippen LogP contribution >= 0.6 is 0 Å². The maximum Gasteiger partial charge on any atom is 0.329 e. The molecule has 0 saturated heterocycles. The van der Waals surface area contributed by atoms with Crippen LogP contribution in [0.15, 0.2) is 15.9 Å². The lowest BCUT2D eigenvalue weighted by Gasteiger charge is -2.00. The Kier molecular flexibility index (Phi) is 2.22. The number of rotatable bonds is 2. The topological polar surface area (TPSA) is 89.8 Å². The van der Waals surface area contributed by atoms with E-state index >= 15 is 0 Å². The van der Waals surface area contributed by atoms with Crippen LogP contribution in [0, 0.1) is 0 Å². The van der Waals surface area contributed by atoms with Gasteiger partial charge in [0.1, 0.15) is 5.78 Å². The van der Waals surface area contributed by atoms with Gasteiger partial charge in [-0.2, -0.15) is 0 Å².